The van der Waals surface area contributed by atoms with Crippen LogP contribution in [-0.2, 0) is 22.9 Å². The number of nitrogens with one attached hydrogen (secondary N) is 1. The molecule has 0 saturated heterocycles. The average Bonchev–Trinajstić information content (AvgIpc) is 2.91. The Hall–Kier alpha value is -1.04. The van der Waals surface area contributed by atoms with E-state index < -0.39 is 10.0 Å². The predicted molar refractivity (Wildman–Crippen MR) is 85.4 cm³/mol. The van der Waals surface area contributed by atoms with Gasteiger partial charge in [0.2, 0.25) is 0 Å². The summed E-state index contributed by atoms with van der Waals surface area (Å²) in [6.07, 6.45) is 1.62. The number of benzene rings is 1. The van der Waals surface area contributed by atoms with E-state index in [2.05, 4.69) is 4.72 Å². The first-order chi connectivity index (χ1) is 9.55. The van der Waals surface area contributed by atoms with Crippen molar-refractivity contribution in [3.05, 3.63) is 46.8 Å². The van der Waals surface area contributed by atoms with Crippen molar-refractivity contribution in [3.8, 4) is 0 Å². The van der Waals surface area contributed by atoms with Gasteiger partial charge >= 0.3 is 0 Å². The summed E-state index contributed by atoms with van der Waals surface area (Å²) in [6, 6.07) is 10.8. The highest BCUT2D eigenvalue weighted by Crippen LogP contribution is 2.24. The van der Waals surface area contributed by atoms with Gasteiger partial charge in [-0.15, -0.1) is 22.9 Å². The zero-order valence-corrected chi connectivity index (χ0v) is 13.5. The summed E-state index contributed by atoms with van der Waals surface area (Å²) in [6.45, 7) is 2.01. The van der Waals surface area contributed by atoms with Crippen LogP contribution >= 0.6 is 22.9 Å². The van der Waals surface area contributed by atoms with Gasteiger partial charge in [0.25, 0.3) is 10.0 Å². The first-order valence-corrected chi connectivity index (χ1v) is 9.15. The molecule has 0 unspecified atom stereocenters. The Balaban J connectivity index is 2.15. The van der Waals surface area contributed by atoms with Crippen molar-refractivity contribution < 1.29 is 8.42 Å². The first kappa shape index (κ1) is 15.4. The topological polar surface area (TPSA) is 46.2 Å². The quantitative estimate of drug-likeness (QED) is 0.817. The Morgan fingerprint density at radius 1 is 1.15 bits per heavy atom. The number of rotatable bonds is 6. The Morgan fingerprint density at radius 2 is 1.85 bits per heavy atom. The Morgan fingerprint density at radius 3 is 2.40 bits per heavy atom. The number of hydrogen-bond acceptors (Lipinski definition) is 3. The fourth-order valence-electron chi connectivity index (χ4n) is 1.75. The van der Waals surface area contributed by atoms with E-state index in [0.717, 1.165) is 23.3 Å². The smallest absolute Gasteiger partial charge is 0.271 e. The molecule has 0 atom stereocenters. The molecule has 1 heterocycles. The lowest BCUT2D eigenvalue weighted by Crippen LogP contribution is -2.11. The van der Waals surface area contributed by atoms with Gasteiger partial charge in [-0.25, -0.2) is 8.42 Å². The largest absolute Gasteiger partial charge is 0.279 e. The zero-order valence-electron chi connectivity index (χ0n) is 11.1. The van der Waals surface area contributed by atoms with E-state index in [1.807, 2.05) is 25.1 Å². The molecule has 0 fully saturated rings. The van der Waals surface area contributed by atoms with Gasteiger partial charge in [-0.1, -0.05) is 19.1 Å². The van der Waals surface area contributed by atoms with Crippen LogP contribution in [0.1, 0.15) is 17.4 Å². The van der Waals surface area contributed by atoms with Gasteiger partial charge < -0.3 is 0 Å². The Kier molecular flexibility index (Phi) is 5.07. The SMILES string of the molecule is CCc1ccc(S(=O)(=O)Nc2ccc(CCCl)cc2)s1. The molecule has 108 valence electrons. The highest BCUT2D eigenvalue weighted by atomic mass is 35.5. The third-order valence-corrected chi connectivity index (χ3v) is 6.13. The average molecular weight is 330 g/mol. The maximum atomic E-state index is 12.2. The zero-order chi connectivity index (χ0) is 14.6. The van der Waals surface area contributed by atoms with Gasteiger partial charge in [-0.3, -0.25) is 4.72 Å². The van der Waals surface area contributed by atoms with Crippen LogP contribution < -0.4 is 4.72 Å². The van der Waals surface area contributed by atoms with Crippen LogP contribution in [0.2, 0.25) is 0 Å². The van der Waals surface area contributed by atoms with Crippen molar-refractivity contribution in [1.29, 1.82) is 0 Å². The molecule has 6 heteroatoms. The number of halogens is 1. The minimum Gasteiger partial charge on any atom is -0.279 e. The molecule has 2 rings (SSSR count). The molecule has 0 aliphatic rings. The molecule has 0 saturated carbocycles. The third-order valence-electron chi connectivity index (χ3n) is 2.84. The van der Waals surface area contributed by atoms with E-state index in [4.69, 9.17) is 11.6 Å². The molecule has 0 bridgehead atoms. The fraction of sp³-hybridized carbons (Fsp3) is 0.286. The molecule has 2 aromatic rings. The normalized spacial score (nSPS) is 11.5. The summed E-state index contributed by atoms with van der Waals surface area (Å²) >= 11 is 6.97. The highest BCUT2D eigenvalue weighted by Gasteiger charge is 2.16. The van der Waals surface area contributed by atoms with Crippen molar-refractivity contribution in [2.24, 2.45) is 0 Å². The van der Waals surface area contributed by atoms with Crippen molar-refractivity contribution >= 4 is 38.6 Å². The molecule has 1 aromatic heterocycles. The van der Waals surface area contributed by atoms with Crippen LogP contribution in [0.25, 0.3) is 0 Å². The van der Waals surface area contributed by atoms with E-state index in [-0.39, 0.29) is 0 Å². The lowest BCUT2D eigenvalue weighted by molar-refractivity contribution is 0.603. The summed E-state index contributed by atoms with van der Waals surface area (Å²) in [4.78, 5) is 1.06. The summed E-state index contributed by atoms with van der Waals surface area (Å²) in [5.74, 6) is 0.556. The lowest BCUT2D eigenvalue weighted by atomic mass is 10.2. The summed E-state index contributed by atoms with van der Waals surface area (Å²) in [5, 5.41) is 0. The predicted octanol–water partition coefficient (Wildman–Crippen LogP) is 3.89. The number of sulfonamides is 1. The summed E-state index contributed by atoms with van der Waals surface area (Å²) in [7, 11) is -3.49. The van der Waals surface area contributed by atoms with Crippen LogP contribution in [0, 0.1) is 0 Å². The molecule has 0 aliphatic carbocycles. The molecule has 1 aromatic carbocycles. The van der Waals surface area contributed by atoms with E-state index in [0.29, 0.717) is 15.8 Å². The van der Waals surface area contributed by atoms with Crippen molar-refractivity contribution in [1.82, 2.24) is 0 Å². The Bertz CT molecular complexity index is 663. The lowest BCUT2D eigenvalue weighted by Gasteiger charge is -2.07. The third kappa shape index (κ3) is 3.75. The van der Waals surface area contributed by atoms with Crippen LogP contribution in [0.15, 0.2) is 40.6 Å². The molecule has 0 amide bonds. The van der Waals surface area contributed by atoms with E-state index >= 15 is 0 Å². The van der Waals surface area contributed by atoms with Crippen LogP contribution in [-0.4, -0.2) is 14.3 Å². The van der Waals surface area contributed by atoms with E-state index in [9.17, 15) is 8.42 Å². The molecular weight excluding hydrogens is 314 g/mol. The maximum Gasteiger partial charge on any atom is 0.271 e. The van der Waals surface area contributed by atoms with Crippen molar-refractivity contribution in [3.63, 3.8) is 0 Å². The molecule has 1 N–H and O–H groups in total. The number of thiophene rings is 1. The highest BCUT2D eigenvalue weighted by molar-refractivity contribution is 7.94. The minimum atomic E-state index is -3.49. The van der Waals surface area contributed by atoms with Gasteiger partial charge in [0.05, 0.1) is 0 Å². The number of anilines is 1. The maximum absolute atomic E-state index is 12.2. The van der Waals surface area contributed by atoms with Crippen LogP contribution in [0.5, 0.6) is 0 Å². The summed E-state index contributed by atoms with van der Waals surface area (Å²) < 4.78 is 27.4. The molecule has 0 spiro atoms. The molecule has 0 aliphatic heterocycles. The molecule has 20 heavy (non-hydrogen) atoms. The number of aryl methyl sites for hydroxylation is 2. The van der Waals surface area contributed by atoms with Crippen LogP contribution in [0.4, 0.5) is 5.69 Å². The van der Waals surface area contributed by atoms with Crippen molar-refractivity contribution in [2.45, 2.75) is 24.0 Å². The molecule has 3 nitrogen and oxygen atoms in total. The van der Waals surface area contributed by atoms with Gasteiger partial charge in [0, 0.05) is 16.4 Å². The van der Waals surface area contributed by atoms with Crippen LogP contribution in [0.3, 0.4) is 0 Å². The monoisotopic (exact) mass is 329 g/mol. The number of hydrogen-bond donors (Lipinski definition) is 1. The van der Waals surface area contributed by atoms with E-state index in [1.165, 1.54) is 11.3 Å². The first-order valence-electron chi connectivity index (χ1n) is 6.31. The van der Waals surface area contributed by atoms with Crippen molar-refractivity contribution in [2.75, 3.05) is 10.6 Å². The van der Waals surface area contributed by atoms with Gasteiger partial charge in [-0.05, 0) is 42.7 Å². The second-order valence-electron chi connectivity index (χ2n) is 4.32. The summed E-state index contributed by atoms with van der Waals surface area (Å²) in [5.41, 5.74) is 1.65. The second-order valence-corrected chi connectivity index (χ2v) is 7.77. The Labute approximate surface area is 128 Å². The minimum absolute atomic E-state index is 0.346. The van der Waals surface area contributed by atoms with Gasteiger partial charge in [-0.2, -0.15) is 0 Å². The molecule has 0 radical (unpaired) electrons. The second kappa shape index (κ2) is 6.61. The number of alkyl halides is 1. The van der Waals surface area contributed by atoms with Gasteiger partial charge in [0.15, 0.2) is 0 Å². The fourth-order valence-corrected chi connectivity index (χ4v) is 4.32. The van der Waals surface area contributed by atoms with Gasteiger partial charge in [0.1, 0.15) is 4.21 Å². The van der Waals surface area contributed by atoms with E-state index in [1.54, 1.807) is 18.2 Å². The molecular formula is C14H16ClNO2S2. The standard InChI is InChI=1S/C14H16ClNO2S2/c1-2-13-7-8-14(19-13)20(17,18)16-12-5-3-11(4-6-12)9-10-15/h3-8,16H,2,9-10H2,1H3.